The maximum atomic E-state index is 13.2. The van der Waals surface area contributed by atoms with E-state index in [0.717, 1.165) is 24.1 Å². The number of anilines is 1. The van der Waals surface area contributed by atoms with Gasteiger partial charge in [-0.25, -0.2) is 4.79 Å². The summed E-state index contributed by atoms with van der Waals surface area (Å²) in [5.41, 5.74) is 1.82. The van der Waals surface area contributed by atoms with Crippen molar-refractivity contribution >= 4 is 33.1 Å². The molecule has 1 aromatic carbocycles. The number of benzene rings is 1. The Morgan fingerprint density at radius 3 is 2.83 bits per heavy atom. The van der Waals surface area contributed by atoms with Gasteiger partial charge in [0.1, 0.15) is 11.2 Å². The first-order valence-electron chi connectivity index (χ1n) is 9.70. The van der Waals surface area contributed by atoms with Crippen molar-refractivity contribution in [1.82, 2.24) is 9.13 Å². The van der Waals surface area contributed by atoms with Crippen molar-refractivity contribution in [3.05, 3.63) is 62.1 Å². The molecule has 7 nitrogen and oxygen atoms in total. The van der Waals surface area contributed by atoms with Crippen molar-refractivity contribution < 1.29 is 9.53 Å². The van der Waals surface area contributed by atoms with Crippen molar-refractivity contribution in [2.75, 3.05) is 25.2 Å². The second-order valence-corrected chi connectivity index (χ2v) is 8.00. The molecular formula is C21H23N3O4S. The Bertz CT molecular complexity index is 1160. The fourth-order valence-electron chi connectivity index (χ4n) is 3.86. The van der Waals surface area contributed by atoms with E-state index in [0.29, 0.717) is 29.8 Å². The van der Waals surface area contributed by atoms with Gasteiger partial charge in [0, 0.05) is 32.5 Å². The number of aryl methyl sites for hydroxylation is 1. The molecule has 1 aliphatic rings. The van der Waals surface area contributed by atoms with E-state index < -0.39 is 5.69 Å². The van der Waals surface area contributed by atoms with Crippen molar-refractivity contribution in [2.45, 2.75) is 32.4 Å². The Balaban J connectivity index is 1.71. The number of aromatic nitrogens is 2. The molecule has 0 radical (unpaired) electrons. The molecule has 8 heteroatoms. The van der Waals surface area contributed by atoms with Gasteiger partial charge in [-0.2, -0.15) is 0 Å². The van der Waals surface area contributed by atoms with Gasteiger partial charge in [-0.1, -0.05) is 18.2 Å². The molecule has 3 heterocycles. The first kappa shape index (κ1) is 19.6. The number of methoxy groups -OCH3 is 1. The van der Waals surface area contributed by atoms with Gasteiger partial charge < -0.3 is 9.64 Å². The fraction of sp³-hybridized carbons (Fsp3) is 0.381. The first-order chi connectivity index (χ1) is 14.1. The highest BCUT2D eigenvalue weighted by Gasteiger charge is 2.24. The van der Waals surface area contributed by atoms with Crippen LogP contribution in [0.3, 0.4) is 0 Å². The fourth-order valence-corrected chi connectivity index (χ4v) is 4.71. The Kier molecular flexibility index (Phi) is 5.64. The van der Waals surface area contributed by atoms with Crippen LogP contribution in [0.2, 0.25) is 0 Å². The first-order valence-corrected chi connectivity index (χ1v) is 10.6. The third-order valence-electron chi connectivity index (χ3n) is 5.27. The van der Waals surface area contributed by atoms with E-state index in [4.69, 9.17) is 4.74 Å². The summed E-state index contributed by atoms with van der Waals surface area (Å²) in [6, 6.07) is 9.61. The third-order valence-corrected chi connectivity index (χ3v) is 6.16. The van der Waals surface area contributed by atoms with Crippen LogP contribution in [-0.4, -0.2) is 35.3 Å². The molecule has 0 spiro atoms. The number of para-hydroxylation sites is 1. The van der Waals surface area contributed by atoms with Crippen LogP contribution >= 0.6 is 11.3 Å². The lowest BCUT2D eigenvalue weighted by Gasteiger charge is -2.29. The summed E-state index contributed by atoms with van der Waals surface area (Å²) >= 11 is 1.29. The molecule has 0 unspecified atom stereocenters. The lowest BCUT2D eigenvalue weighted by atomic mass is 10.0. The van der Waals surface area contributed by atoms with E-state index in [1.807, 2.05) is 24.3 Å². The molecule has 0 aliphatic carbocycles. The van der Waals surface area contributed by atoms with Crippen LogP contribution < -0.4 is 16.1 Å². The largest absolute Gasteiger partial charge is 0.385 e. The van der Waals surface area contributed by atoms with Crippen molar-refractivity contribution in [2.24, 2.45) is 0 Å². The minimum atomic E-state index is -0.448. The highest BCUT2D eigenvalue weighted by molar-refractivity contribution is 7.17. The van der Waals surface area contributed by atoms with Crippen LogP contribution in [0, 0.1) is 0 Å². The van der Waals surface area contributed by atoms with Gasteiger partial charge in [0.25, 0.3) is 5.56 Å². The lowest BCUT2D eigenvalue weighted by molar-refractivity contribution is -0.119. The highest BCUT2D eigenvalue weighted by atomic mass is 32.1. The van der Waals surface area contributed by atoms with Crippen LogP contribution in [0.25, 0.3) is 10.2 Å². The normalized spacial score (nSPS) is 13.6. The van der Waals surface area contributed by atoms with Crippen LogP contribution in [0.15, 0.2) is 45.3 Å². The molecule has 0 bridgehead atoms. The third kappa shape index (κ3) is 3.65. The minimum absolute atomic E-state index is 0.0923. The van der Waals surface area contributed by atoms with Gasteiger partial charge in [0.15, 0.2) is 0 Å². The molecule has 0 N–H and O–H groups in total. The van der Waals surface area contributed by atoms with Gasteiger partial charge in [0.05, 0.1) is 5.52 Å². The molecule has 1 amide bonds. The molecule has 2 aromatic heterocycles. The van der Waals surface area contributed by atoms with E-state index in [-0.39, 0.29) is 24.6 Å². The number of rotatable bonds is 6. The summed E-state index contributed by atoms with van der Waals surface area (Å²) in [6.07, 6.45) is 2.39. The number of ether oxygens (including phenoxy) is 1. The number of hydrogen-bond donors (Lipinski definition) is 0. The van der Waals surface area contributed by atoms with E-state index in [9.17, 15) is 14.4 Å². The average Bonchev–Trinajstić information content (AvgIpc) is 3.23. The smallest absolute Gasteiger partial charge is 0.332 e. The molecule has 0 saturated carbocycles. The van der Waals surface area contributed by atoms with Crippen molar-refractivity contribution in [3.63, 3.8) is 0 Å². The zero-order valence-corrected chi connectivity index (χ0v) is 17.1. The van der Waals surface area contributed by atoms with Crippen LogP contribution in [0.4, 0.5) is 5.69 Å². The topological polar surface area (TPSA) is 73.5 Å². The second kappa shape index (κ2) is 8.34. The van der Waals surface area contributed by atoms with E-state index in [1.165, 1.54) is 20.5 Å². The molecule has 4 rings (SSSR count). The van der Waals surface area contributed by atoms with Crippen molar-refractivity contribution in [3.8, 4) is 0 Å². The summed E-state index contributed by atoms with van der Waals surface area (Å²) in [7, 11) is 1.58. The van der Waals surface area contributed by atoms with Gasteiger partial charge in [0.2, 0.25) is 5.91 Å². The average molecular weight is 413 g/mol. The van der Waals surface area contributed by atoms with Crippen LogP contribution in [0.1, 0.15) is 18.4 Å². The van der Waals surface area contributed by atoms with E-state index in [1.54, 1.807) is 23.5 Å². The van der Waals surface area contributed by atoms with Gasteiger partial charge in [-0.15, -0.1) is 11.3 Å². The maximum absolute atomic E-state index is 13.2. The molecular weight excluding hydrogens is 390 g/mol. The zero-order valence-electron chi connectivity index (χ0n) is 16.3. The number of carbonyl (C=O) groups is 1. The number of nitrogens with zero attached hydrogens (tertiary/aromatic N) is 3. The highest BCUT2D eigenvalue weighted by Crippen LogP contribution is 2.27. The van der Waals surface area contributed by atoms with Gasteiger partial charge in [-0.05, 0) is 42.3 Å². The predicted molar refractivity (Wildman–Crippen MR) is 114 cm³/mol. The Labute approximate surface area is 171 Å². The predicted octanol–water partition coefficient (Wildman–Crippen LogP) is 2.24. The number of fused-ring (bicyclic) bond motifs is 2. The standard InChI is InChI=1S/C21H23N3O4S/c1-28-12-5-11-23-20(26)19-17(9-13-29-19)24(21(23)27)14-18(25)22-10-4-7-15-6-2-3-8-16(15)22/h2-3,6,8-9,13H,4-5,7,10-12,14H2,1H3. The van der Waals surface area contributed by atoms with E-state index in [2.05, 4.69) is 0 Å². The summed E-state index contributed by atoms with van der Waals surface area (Å²) in [5, 5.41) is 1.78. The molecule has 1 aliphatic heterocycles. The Morgan fingerprint density at radius 2 is 2.00 bits per heavy atom. The van der Waals surface area contributed by atoms with Gasteiger partial charge in [-0.3, -0.25) is 18.7 Å². The molecule has 0 fully saturated rings. The number of thiophene rings is 1. The molecule has 3 aromatic rings. The Hall–Kier alpha value is -2.71. The lowest BCUT2D eigenvalue weighted by Crippen LogP contribution is -2.44. The molecule has 0 saturated heterocycles. The summed E-state index contributed by atoms with van der Waals surface area (Å²) < 4.78 is 8.18. The molecule has 29 heavy (non-hydrogen) atoms. The number of hydrogen-bond acceptors (Lipinski definition) is 5. The molecule has 0 atom stereocenters. The minimum Gasteiger partial charge on any atom is -0.385 e. The maximum Gasteiger partial charge on any atom is 0.332 e. The zero-order chi connectivity index (χ0) is 20.4. The quantitative estimate of drug-likeness (QED) is 0.581. The number of carbonyl (C=O) groups excluding carboxylic acids is 1. The summed E-state index contributed by atoms with van der Waals surface area (Å²) in [6.45, 7) is 1.26. The monoisotopic (exact) mass is 413 g/mol. The summed E-state index contributed by atoms with van der Waals surface area (Å²) in [4.78, 5) is 40.7. The molecule has 152 valence electrons. The SMILES string of the molecule is COCCCn1c(=O)c2sccc2n(CC(=O)N2CCCc3ccccc32)c1=O. The Morgan fingerprint density at radius 1 is 1.17 bits per heavy atom. The summed E-state index contributed by atoms with van der Waals surface area (Å²) in [5.74, 6) is -0.145. The van der Waals surface area contributed by atoms with E-state index >= 15 is 0 Å². The van der Waals surface area contributed by atoms with Crippen LogP contribution in [0.5, 0.6) is 0 Å². The van der Waals surface area contributed by atoms with Gasteiger partial charge >= 0.3 is 5.69 Å². The number of amides is 1. The second-order valence-electron chi connectivity index (χ2n) is 7.08. The van der Waals surface area contributed by atoms with Crippen LogP contribution in [-0.2, 0) is 29.0 Å². The van der Waals surface area contributed by atoms with Crippen molar-refractivity contribution in [1.29, 1.82) is 0 Å².